The fourth-order valence-corrected chi connectivity index (χ4v) is 9.33. The van der Waals surface area contributed by atoms with E-state index in [9.17, 15) is 0 Å². The summed E-state index contributed by atoms with van der Waals surface area (Å²) in [5.41, 5.74) is 20.6. The highest BCUT2D eigenvalue weighted by Crippen LogP contribution is 2.53. The van der Waals surface area contributed by atoms with Crippen molar-refractivity contribution in [3.8, 4) is 16.8 Å². The van der Waals surface area contributed by atoms with Crippen LogP contribution in [0.25, 0.3) is 44.2 Å². The number of nitrogens with one attached hydrogen (secondary N) is 1. The third-order valence-corrected chi connectivity index (χ3v) is 12.3. The second kappa shape index (κ2) is 24.8. The van der Waals surface area contributed by atoms with Crippen LogP contribution in [0.1, 0.15) is 137 Å². The summed E-state index contributed by atoms with van der Waals surface area (Å²) in [5, 5.41) is 6.05. The maximum atomic E-state index is 3.60. The summed E-state index contributed by atoms with van der Waals surface area (Å²) in [5.74, 6) is 0. The average molecular weight is 851 g/mol. The van der Waals surface area contributed by atoms with E-state index in [-0.39, 0.29) is 5.41 Å². The van der Waals surface area contributed by atoms with E-state index in [2.05, 4.69) is 166 Å². The Kier molecular flexibility index (Phi) is 19.7. The van der Waals surface area contributed by atoms with Crippen molar-refractivity contribution in [1.29, 1.82) is 0 Å². The van der Waals surface area contributed by atoms with E-state index in [0.717, 1.165) is 25.7 Å². The number of hydrogen-bond acceptors (Lipinski definition) is 1. The number of para-hydroxylation sites is 1. The standard InChI is InChI=1S/C42H40N2.C12H14.4C2H6/c1-26-15-16-29(28-17-19-30(43-5)20-18-28)25-36(26)32-23-24-38-39(27(32)2)35-22-21-34-33-13-9-10-14-37(33)42(3,4)40(34)41(35)44(38)31-11-7-6-8-12-31;1-2-3-4-6-9-12-10-7-5-8-11-12;4*1-2/h6-14,17,19,21-25,43H,15-16,18,20H2,1-5H3;2-4,6-7,9-11H,1,5,8H2;4*1-2H3/b;4-3-,9-6-;;;;. The quantitative estimate of drug-likeness (QED) is 0.161. The number of aromatic nitrogens is 1. The van der Waals surface area contributed by atoms with Crippen LogP contribution < -0.4 is 5.32 Å². The zero-order valence-electron chi connectivity index (χ0n) is 41.8. The average Bonchev–Trinajstić information content (AvgIpc) is 3.83. The van der Waals surface area contributed by atoms with Gasteiger partial charge in [-0.1, -0.05) is 203 Å². The molecule has 1 N–H and O–H groups in total. The van der Waals surface area contributed by atoms with Crippen LogP contribution >= 0.6 is 0 Å². The lowest BCUT2D eigenvalue weighted by molar-refractivity contribution is 0.664. The van der Waals surface area contributed by atoms with Crippen LogP contribution in [0, 0.1) is 6.92 Å². The Balaban J connectivity index is 0.000000381. The van der Waals surface area contributed by atoms with Crippen LogP contribution in [0.2, 0.25) is 0 Å². The molecule has 2 nitrogen and oxygen atoms in total. The minimum Gasteiger partial charge on any atom is -0.391 e. The lowest BCUT2D eigenvalue weighted by Crippen LogP contribution is -2.16. The summed E-state index contributed by atoms with van der Waals surface area (Å²) < 4.78 is 2.54. The number of rotatable bonds is 7. The molecule has 5 aromatic rings. The number of hydrogen-bond donors (Lipinski definition) is 1. The Morgan fingerprint density at radius 3 is 2.02 bits per heavy atom. The second-order valence-electron chi connectivity index (χ2n) is 16.0. The number of aryl methyl sites for hydroxylation is 1. The fourth-order valence-electron chi connectivity index (χ4n) is 9.33. The Labute approximate surface area is 389 Å². The molecule has 9 rings (SSSR count). The lowest BCUT2D eigenvalue weighted by atomic mass is 9.81. The summed E-state index contributed by atoms with van der Waals surface area (Å²) in [4.78, 5) is 0. The van der Waals surface area contributed by atoms with Crippen LogP contribution in [-0.4, -0.2) is 11.6 Å². The summed E-state index contributed by atoms with van der Waals surface area (Å²) >= 11 is 0. The third kappa shape index (κ3) is 10.7. The number of fused-ring (bicyclic) bond motifs is 7. The van der Waals surface area contributed by atoms with Crippen LogP contribution in [0.4, 0.5) is 0 Å². The molecule has 0 spiro atoms. The van der Waals surface area contributed by atoms with Crippen molar-refractivity contribution < 1.29 is 0 Å². The van der Waals surface area contributed by atoms with Crippen LogP contribution in [0.5, 0.6) is 0 Å². The van der Waals surface area contributed by atoms with Crippen molar-refractivity contribution in [3.63, 3.8) is 0 Å². The van der Waals surface area contributed by atoms with Gasteiger partial charge in [0.25, 0.3) is 0 Å². The van der Waals surface area contributed by atoms with E-state index in [4.69, 9.17) is 0 Å². The predicted molar refractivity (Wildman–Crippen MR) is 288 cm³/mol. The maximum Gasteiger partial charge on any atom is 0.0588 e. The maximum absolute atomic E-state index is 3.60. The monoisotopic (exact) mass is 851 g/mol. The van der Waals surface area contributed by atoms with Gasteiger partial charge in [-0.05, 0) is 132 Å². The van der Waals surface area contributed by atoms with Crippen LogP contribution in [0.3, 0.4) is 0 Å². The summed E-state index contributed by atoms with van der Waals surface area (Å²) in [6, 6.07) is 29.5. The summed E-state index contributed by atoms with van der Waals surface area (Å²) in [7, 11) is 2.02. The van der Waals surface area contributed by atoms with Gasteiger partial charge < -0.3 is 9.88 Å². The Hall–Kier alpha value is -5.86. The van der Waals surface area contributed by atoms with Gasteiger partial charge in [0.2, 0.25) is 0 Å². The first-order valence-electron chi connectivity index (χ1n) is 24.4. The topological polar surface area (TPSA) is 17.0 Å². The minimum atomic E-state index is -0.0987. The van der Waals surface area contributed by atoms with E-state index < -0.39 is 0 Å². The Morgan fingerprint density at radius 1 is 0.672 bits per heavy atom. The molecular formula is C62H78N2. The lowest BCUT2D eigenvalue weighted by Gasteiger charge is -2.23. The molecule has 4 aliphatic rings. The molecule has 4 aromatic carbocycles. The summed E-state index contributed by atoms with van der Waals surface area (Å²) in [6.45, 7) is 29.1. The molecule has 64 heavy (non-hydrogen) atoms. The first kappa shape index (κ1) is 50.8. The van der Waals surface area contributed by atoms with Gasteiger partial charge in [-0.15, -0.1) is 0 Å². The molecule has 4 aliphatic carbocycles. The molecule has 336 valence electrons. The van der Waals surface area contributed by atoms with Crippen LogP contribution in [-0.2, 0) is 5.41 Å². The van der Waals surface area contributed by atoms with Crippen molar-refractivity contribution in [1.82, 2.24) is 9.88 Å². The Morgan fingerprint density at radius 2 is 1.36 bits per heavy atom. The van der Waals surface area contributed by atoms with Crippen molar-refractivity contribution in [2.75, 3.05) is 7.05 Å². The molecule has 0 saturated carbocycles. The molecule has 0 fully saturated rings. The highest BCUT2D eigenvalue weighted by atomic mass is 15.0. The smallest absolute Gasteiger partial charge is 0.0588 e. The SMILES string of the molecule is C=C/C=C\C=C/C1=CCCC=C1.CC.CC.CC.CC.CNC1=CC=C(C2=CC(c3ccc4c(c3C)c3ccc5c(c3n4-c3ccccc3)C(C)(C)c3ccccc3-5)=C(C)CC2)CC1. The highest BCUT2D eigenvalue weighted by molar-refractivity contribution is 6.15. The first-order valence-corrected chi connectivity index (χ1v) is 24.4. The molecule has 0 radical (unpaired) electrons. The third-order valence-electron chi connectivity index (χ3n) is 12.3. The number of nitrogens with zero attached hydrogens (tertiary/aromatic N) is 1. The number of allylic oxidation sites excluding steroid dienone is 17. The van der Waals surface area contributed by atoms with Gasteiger partial charge in [-0.2, -0.15) is 0 Å². The molecule has 0 aliphatic heterocycles. The minimum absolute atomic E-state index is 0.0987. The molecule has 0 unspecified atom stereocenters. The van der Waals surface area contributed by atoms with Crippen molar-refractivity contribution >= 4 is 27.4 Å². The first-order chi connectivity index (χ1) is 31.3. The number of benzene rings is 4. The molecular weight excluding hydrogens is 773 g/mol. The van der Waals surface area contributed by atoms with Crippen molar-refractivity contribution in [2.24, 2.45) is 0 Å². The van der Waals surface area contributed by atoms with Gasteiger partial charge in [-0.25, -0.2) is 0 Å². The van der Waals surface area contributed by atoms with Gasteiger partial charge in [0.1, 0.15) is 0 Å². The van der Waals surface area contributed by atoms with E-state index in [0.29, 0.717) is 0 Å². The summed E-state index contributed by atoms with van der Waals surface area (Å²) in [6.07, 6.45) is 30.3. The normalized spacial score (nSPS) is 15.5. The zero-order chi connectivity index (χ0) is 46.8. The van der Waals surface area contributed by atoms with Crippen LogP contribution in [0.15, 0.2) is 180 Å². The Bertz CT molecular complexity index is 2600. The zero-order valence-corrected chi connectivity index (χ0v) is 41.8. The molecule has 2 heteroatoms. The molecule has 1 heterocycles. The molecule has 0 amide bonds. The molecule has 0 saturated heterocycles. The molecule has 0 atom stereocenters. The largest absolute Gasteiger partial charge is 0.391 e. The van der Waals surface area contributed by atoms with E-state index in [1.54, 1.807) is 6.08 Å². The fraction of sp³-hybridized carbons (Fsp3) is 0.323. The highest BCUT2D eigenvalue weighted by Gasteiger charge is 2.38. The molecule has 0 bridgehead atoms. The van der Waals surface area contributed by atoms with E-state index in [1.807, 2.05) is 80.7 Å². The van der Waals surface area contributed by atoms with Crippen molar-refractivity contribution in [3.05, 3.63) is 203 Å². The predicted octanol–water partition coefficient (Wildman–Crippen LogP) is 18.4. The van der Waals surface area contributed by atoms with Gasteiger partial charge in [-0.3, -0.25) is 0 Å². The van der Waals surface area contributed by atoms with Gasteiger partial charge in [0, 0.05) is 34.6 Å². The van der Waals surface area contributed by atoms with Crippen molar-refractivity contribution in [2.45, 2.75) is 127 Å². The van der Waals surface area contributed by atoms with E-state index >= 15 is 0 Å². The second-order valence-corrected chi connectivity index (χ2v) is 16.0. The van der Waals surface area contributed by atoms with E-state index in [1.165, 1.54) is 107 Å². The van der Waals surface area contributed by atoms with Gasteiger partial charge in [0.05, 0.1) is 11.0 Å². The van der Waals surface area contributed by atoms with Gasteiger partial charge >= 0.3 is 0 Å². The molecule has 1 aromatic heterocycles. The van der Waals surface area contributed by atoms with Gasteiger partial charge in [0.15, 0.2) is 0 Å².